The van der Waals surface area contributed by atoms with Crippen LogP contribution in [0.3, 0.4) is 0 Å². The van der Waals surface area contributed by atoms with Crippen molar-refractivity contribution in [3.05, 3.63) is 0 Å². The van der Waals surface area contributed by atoms with Gasteiger partial charge in [-0.25, -0.2) is 0 Å². The Hall–Kier alpha value is -0.370. The standard InChI is InChI=1S/C13H25NO/c1-11(2)10-13(15)5-4-12-6-8-14(3)9-7-12/h11-12H,4-10H2,1-3H3. The van der Waals surface area contributed by atoms with Gasteiger partial charge in [-0.2, -0.15) is 0 Å². The van der Waals surface area contributed by atoms with Gasteiger partial charge in [0.05, 0.1) is 0 Å². The molecule has 1 fully saturated rings. The average Bonchev–Trinajstić information content (AvgIpc) is 2.16. The van der Waals surface area contributed by atoms with Crippen LogP contribution in [0.25, 0.3) is 0 Å². The van der Waals surface area contributed by atoms with Crippen LogP contribution in [-0.4, -0.2) is 30.8 Å². The number of ketones is 1. The first-order valence-electron chi connectivity index (χ1n) is 6.28. The molecular weight excluding hydrogens is 186 g/mol. The van der Waals surface area contributed by atoms with E-state index < -0.39 is 0 Å². The highest BCUT2D eigenvalue weighted by molar-refractivity contribution is 5.78. The zero-order valence-corrected chi connectivity index (χ0v) is 10.5. The number of carbonyl (C=O) groups is 1. The molecule has 88 valence electrons. The predicted molar refractivity (Wildman–Crippen MR) is 63.9 cm³/mol. The molecule has 15 heavy (non-hydrogen) atoms. The van der Waals surface area contributed by atoms with Crippen molar-refractivity contribution in [3.63, 3.8) is 0 Å². The third kappa shape index (κ3) is 5.31. The van der Waals surface area contributed by atoms with Gasteiger partial charge in [0.25, 0.3) is 0 Å². The normalized spacial score (nSPS) is 19.7. The van der Waals surface area contributed by atoms with Crippen LogP contribution in [-0.2, 0) is 4.79 Å². The Kier molecular flexibility index (Phi) is 5.30. The number of piperidine rings is 1. The summed E-state index contributed by atoms with van der Waals surface area (Å²) in [6.45, 7) is 6.66. The van der Waals surface area contributed by atoms with Gasteiger partial charge in [0.2, 0.25) is 0 Å². The molecule has 1 rings (SSSR count). The third-order valence-corrected chi connectivity index (χ3v) is 3.31. The van der Waals surface area contributed by atoms with Gasteiger partial charge in [0, 0.05) is 12.8 Å². The van der Waals surface area contributed by atoms with Crippen molar-refractivity contribution in [2.75, 3.05) is 20.1 Å². The van der Waals surface area contributed by atoms with E-state index in [0.29, 0.717) is 11.7 Å². The molecule has 2 heteroatoms. The molecule has 0 N–H and O–H groups in total. The Morgan fingerprint density at radius 3 is 2.47 bits per heavy atom. The topological polar surface area (TPSA) is 20.3 Å². The van der Waals surface area contributed by atoms with Gasteiger partial charge >= 0.3 is 0 Å². The summed E-state index contributed by atoms with van der Waals surface area (Å²) in [6, 6.07) is 0. The molecular formula is C13H25NO. The zero-order chi connectivity index (χ0) is 11.3. The highest BCUT2D eigenvalue weighted by Gasteiger charge is 2.17. The van der Waals surface area contributed by atoms with Crippen LogP contribution in [0.1, 0.15) is 46.0 Å². The summed E-state index contributed by atoms with van der Waals surface area (Å²) in [6.07, 6.45) is 5.27. The second kappa shape index (κ2) is 6.26. The Morgan fingerprint density at radius 2 is 1.93 bits per heavy atom. The maximum Gasteiger partial charge on any atom is 0.133 e. The number of carbonyl (C=O) groups excluding carboxylic acids is 1. The fraction of sp³-hybridized carbons (Fsp3) is 0.923. The largest absolute Gasteiger partial charge is 0.306 e. The monoisotopic (exact) mass is 211 g/mol. The molecule has 1 saturated heterocycles. The van der Waals surface area contributed by atoms with Crippen molar-refractivity contribution in [1.82, 2.24) is 4.90 Å². The first-order chi connectivity index (χ1) is 7.08. The van der Waals surface area contributed by atoms with Crippen molar-refractivity contribution in [3.8, 4) is 0 Å². The molecule has 0 spiro atoms. The van der Waals surface area contributed by atoms with Crippen LogP contribution in [0.2, 0.25) is 0 Å². The second-order valence-electron chi connectivity index (χ2n) is 5.42. The molecule has 0 atom stereocenters. The van der Waals surface area contributed by atoms with Gasteiger partial charge in [0.1, 0.15) is 5.78 Å². The van der Waals surface area contributed by atoms with Crippen LogP contribution >= 0.6 is 0 Å². The van der Waals surface area contributed by atoms with E-state index in [1.807, 2.05) is 0 Å². The summed E-state index contributed by atoms with van der Waals surface area (Å²) in [5.41, 5.74) is 0. The van der Waals surface area contributed by atoms with E-state index in [1.54, 1.807) is 0 Å². The number of Topliss-reactive ketones (excluding diaryl/α,β-unsaturated/α-hetero) is 1. The Labute approximate surface area is 94.0 Å². The molecule has 0 aromatic heterocycles. The fourth-order valence-corrected chi connectivity index (χ4v) is 2.27. The number of nitrogens with zero attached hydrogens (tertiary/aromatic N) is 1. The summed E-state index contributed by atoms with van der Waals surface area (Å²) < 4.78 is 0. The number of hydrogen-bond acceptors (Lipinski definition) is 2. The van der Waals surface area contributed by atoms with Crippen molar-refractivity contribution >= 4 is 5.78 Å². The lowest BCUT2D eigenvalue weighted by Gasteiger charge is -2.28. The number of rotatable bonds is 5. The first kappa shape index (κ1) is 12.7. The molecule has 1 aliphatic rings. The molecule has 0 aromatic rings. The minimum Gasteiger partial charge on any atom is -0.306 e. The molecule has 0 amide bonds. The lowest BCUT2D eigenvalue weighted by Crippen LogP contribution is -2.30. The average molecular weight is 211 g/mol. The van der Waals surface area contributed by atoms with Gasteiger partial charge < -0.3 is 4.90 Å². The molecule has 2 nitrogen and oxygen atoms in total. The van der Waals surface area contributed by atoms with Crippen LogP contribution in [0.4, 0.5) is 0 Å². The van der Waals surface area contributed by atoms with E-state index in [1.165, 1.54) is 25.9 Å². The summed E-state index contributed by atoms with van der Waals surface area (Å²) in [5, 5.41) is 0. The first-order valence-corrected chi connectivity index (χ1v) is 6.28. The SMILES string of the molecule is CC(C)CC(=O)CCC1CCN(C)CC1. The van der Waals surface area contributed by atoms with E-state index in [2.05, 4.69) is 25.8 Å². The summed E-state index contributed by atoms with van der Waals surface area (Å²) >= 11 is 0. The molecule has 1 heterocycles. The number of hydrogen-bond donors (Lipinski definition) is 0. The van der Waals surface area contributed by atoms with E-state index >= 15 is 0 Å². The van der Waals surface area contributed by atoms with Crippen LogP contribution in [0, 0.1) is 11.8 Å². The lowest BCUT2D eigenvalue weighted by atomic mass is 9.90. The molecule has 1 aliphatic heterocycles. The van der Waals surface area contributed by atoms with Crippen LogP contribution < -0.4 is 0 Å². The molecule has 0 unspecified atom stereocenters. The molecule has 0 saturated carbocycles. The maximum absolute atomic E-state index is 11.6. The molecule has 0 aliphatic carbocycles. The summed E-state index contributed by atoms with van der Waals surface area (Å²) in [4.78, 5) is 13.9. The van der Waals surface area contributed by atoms with Gasteiger partial charge in [0.15, 0.2) is 0 Å². The van der Waals surface area contributed by atoms with Gasteiger partial charge in [-0.05, 0) is 51.2 Å². The molecule has 0 aromatic carbocycles. The zero-order valence-electron chi connectivity index (χ0n) is 10.5. The second-order valence-corrected chi connectivity index (χ2v) is 5.42. The van der Waals surface area contributed by atoms with E-state index in [9.17, 15) is 4.79 Å². The fourth-order valence-electron chi connectivity index (χ4n) is 2.27. The third-order valence-electron chi connectivity index (χ3n) is 3.31. The van der Waals surface area contributed by atoms with Crippen LogP contribution in [0.15, 0.2) is 0 Å². The summed E-state index contributed by atoms with van der Waals surface area (Å²) in [7, 11) is 2.18. The summed E-state index contributed by atoms with van der Waals surface area (Å²) in [5.74, 6) is 1.79. The Bertz CT molecular complexity index is 193. The molecule has 0 bridgehead atoms. The maximum atomic E-state index is 11.6. The van der Waals surface area contributed by atoms with E-state index in [0.717, 1.165) is 25.2 Å². The van der Waals surface area contributed by atoms with Gasteiger partial charge in [-0.1, -0.05) is 13.8 Å². The van der Waals surface area contributed by atoms with E-state index in [-0.39, 0.29) is 0 Å². The van der Waals surface area contributed by atoms with Gasteiger partial charge in [-0.15, -0.1) is 0 Å². The van der Waals surface area contributed by atoms with E-state index in [4.69, 9.17) is 0 Å². The number of likely N-dealkylation sites (tertiary alicyclic amines) is 1. The Morgan fingerprint density at radius 1 is 1.33 bits per heavy atom. The minimum absolute atomic E-state index is 0.462. The highest BCUT2D eigenvalue weighted by Crippen LogP contribution is 2.21. The highest BCUT2D eigenvalue weighted by atomic mass is 16.1. The van der Waals surface area contributed by atoms with Crippen molar-refractivity contribution in [1.29, 1.82) is 0 Å². The quantitative estimate of drug-likeness (QED) is 0.697. The van der Waals surface area contributed by atoms with Crippen molar-refractivity contribution in [2.45, 2.75) is 46.0 Å². The minimum atomic E-state index is 0.462. The Balaban J connectivity index is 2.12. The van der Waals surface area contributed by atoms with Crippen molar-refractivity contribution < 1.29 is 4.79 Å². The van der Waals surface area contributed by atoms with Gasteiger partial charge in [-0.3, -0.25) is 4.79 Å². The molecule has 0 radical (unpaired) electrons. The lowest BCUT2D eigenvalue weighted by molar-refractivity contribution is -0.120. The smallest absolute Gasteiger partial charge is 0.133 e. The predicted octanol–water partition coefficient (Wildman–Crippen LogP) is 2.72. The van der Waals surface area contributed by atoms with Crippen molar-refractivity contribution in [2.24, 2.45) is 11.8 Å². The van der Waals surface area contributed by atoms with Crippen LogP contribution in [0.5, 0.6) is 0 Å².